The van der Waals surface area contributed by atoms with Gasteiger partial charge in [-0.15, -0.1) is 11.8 Å². The Morgan fingerprint density at radius 3 is 2.60 bits per heavy atom. The van der Waals surface area contributed by atoms with Crippen LogP contribution >= 0.6 is 11.8 Å². The first-order chi connectivity index (χ1) is 9.86. The molecule has 1 aliphatic carbocycles. The van der Waals surface area contributed by atoms with E-state index in [0.29, 0.717) is 11.3 Å². The lowest BCUT2D eigenvalue weighted by Gasteiger charge is -2.16. The number of thioether (sulfide) groups is 1. The molecule has 0 amide bonds. The average Bonchev–Trinajstić information content (AvgIpc) is 2.74. The Bertz CT molecular complexity index is 453. The number of benzene rings is 1. The van der Waals surface area contributed by atoms with Crippen LogP contribution in [0.15, 0.2) is 34.2 Å². The van der Waals surface area contributed by atoms with E-state index >= 15 is 0 Å². The minimum absolute atomic E-state index is 0.362. The molecule has 0 radical (unpaired) electrons. The van der Waals surface area contributed by atoms with E-state index in [9.17, 15) is 0 Å². The summed E-state index contributed by atoms with van der Waals surface area (Å²) in [5.41, 5.74) is 4.30. The van der Waals surface area contributed by atoms with Gasteiger partial charge >= 0.3 is 0 Å². The van der Waals surface area contributed by atoms with E-state index in [4.69, 9.17) is 10.8 Å². The Morgan fingerprint density at radius 1 is 1.15 bits per heavy atom. The third-order valence-electron chi connectivity index (χ3n) is 4.25. The van der Waals surface area contributed by atoms with Crippen molar-refractivity contribution in [1.29, 1.82) is 0 Å². The van der Waals surface area contributed by atoms with Gasteiger partial charge in [-0.1, -0.05) is 43.9 Å². The van der Waals surface area contributed by atoms with Crippen LogP contribution in [-0.2, 0) is 6.42 Å². The Kier molecular flexibility index (Phi) is 4.63. The van der Waals surface area contributed by atoms with Crippen molar-refractivity contribution in [2.75, 3.05) is 0 Å². The topological polar surface area (TPSA) is 50.4 Å². The van der Waals surface area contributed by atoms with Gasteiger partial charge in [0.25, 0.3) is 0 Å². The number of hydrazine groups is 1. The molecule has 1 atom stereocenters. The highest BCUT2D eigenvalue weighted by molar-refractivity contribution is 8.01. The van der Waals surface area contributed by atoms with Crippen LogP contribution in [0.4, 0.5) is 0 Å². The maximum absolute atomic E-state index is 5.75. The molecule has 3 N–H and O–H groups in total. The van der Waals surface area contributed by atoms with Crippen LogP contribution in [0, 0.1) is 0 Å². The van der Waals surface area contributed by atoms with Crippen molar-refractivity contribution in [1.82, 2.24) is 5.43 Å². The Balaban J connectivity index is 1.71. The molecule has 1 fully saturated rings. The molecule has 0 aromatic heterocycles. The molecule has 1 heterocycles. The van der Waals surface area contributed by atoms with E-state index < -0.39 is 0 Å². The number of hydrogen-bond acceptors (Lipinski definition) is 3. The molecule has 1 unspecified atom stereocenters. The fraction of sp³-hybridized carbons (Fsp3) is 0.562. The number of fused-ring (bicyclic) bond motifs is 1. The van der Waals surface area contributed by atoms with Crippen LogP contribution < -0.4 is 11.3 Å². The lowest BCUT2D eigenvalue weighted by Crippen LogP contribution is -2.38. The van der Waals surface area contributed by atoms with Gasteiger partial charge in [0.2, 0.25) is 0 Å². The van der Waals surface area contributed by atoms with Crippen LogP contribution in [0.2, 0.25) is 0 Å². The molecular formula is C16H23N3S. The van der Waals surface area contributed by atoms with Gasteiger partial charge in [-0.25, -0.2) is 5.84 Å². The molecule has 3 nitrogen and oxygen atoms in total. The summed E-state index contributed by atoms with van der Waals surface area (Å²) >= 11 is 1.89. The Labute approximate surface area is 125 Å². The summed E-state index contributed by atoms with van der Waals surface area (Å²) in [7, 11) is 0. The lowest BCUT2D eigenvalue weighted by atomic mass is 10.1. The second kappa shape index (κ2) is 6.64. The monoisotopic (exact) mass is 289 g/mol. The number of aliphatic imine (C=N–C) groups is 1. The first-order valence-electron chi connectivity index (χ1n) is 7.65. The smallest absolute Gasteiger partial charge is 0.125 e. The van der Waals surface area contributed by atoms with Crippen molar-refractivity contribution in [2.24, 2.45) is 10.8 Å². The third kappa shape index (κ3) is 3.18. The van der Waals surface area contributed by atoms with Crippen LogP contribution in [0.1, 0.15) is 44.1 Å². The Hall–Kier alpha value is -1.00. The molecule has 3 rings (SSSR count). The predicted molar refractivity (Wildman–Crippen MR) is 86.0 cm³/mol. The number of nitrogens with zero attached hydrogens (tertiary/aromatic N) is 1. The van der Waals surface area contributed by atoms with Gasteiger partial charge in [0.1, 0.15) is 5.84 Å². The predicted octanol–water partition coefficient (Wildman–Crippen LogP) is 3.29. The quantitative estimate of drug-likeness (QED) is 0.289. The second-order valence-electron chi connectivity index (χ2n) is 5.72. The van der Waals surface area contributed by atoms with Crippen molar-refractivity contribution in [3.8, 4) is 0 Å². The first kappa shape index (κ1) is 14.0. The van der Waals surface area contributed by atoms with Gasteiger partial charge in [0.15, 0.2) is 0 Å². The SMILES string of the molecule is NNC(=NC1CCCCCC1)C1Cc2ccccc2S1. The number of rotatable bonds is 2. The number of hydrogen-bond donors (Lipinski definition) is 2. The van der Waals surface area contributed by atoms with Crippen molar-refractivity contribution in [3.63, 3.8) is 0 Å². The summed E-state index contributed by atoms with van der Waals surface area (Å²) in [5, 5.41) is 0.362. The summed E-state index contributed by atoms with van der Waals surface area (Å²) in [6.45, 7) is 0. The lowest BCUT2D eigenvalue weighted by molar-refractivity contribution is 0.581. The standard InChI is InChI=1S/C16H23N3S/c17-19-16(18-13-8-3-1-2-4-9-13)15-11-12-7-5-6-10-14(12)20-15/h5-7,10,13,15H,1-4,8-9,11,17H2,(H,18,19). The maximum atomic E-state index is 5.75. The molecule has 1 aromatic rings. The molecule has 0 saturated heterocycles. The van der Waals surface area contributed by atoms with Crippen molar-refractivity contribution < 1.29 is 0 Å². The van der Waals surface area contributed by atoms with E-state index in [1.54, 1.807) is 0 Å². The molecule has 0 spiro atoms. The number of amidine groups is 1. The summed E-state index contributed by atoms with van der Waals surface area (Å²) in [6.07, 6.45) is 8.82. The zero-order valence-corrected chi connectivity index (χ0v) is 12.7. The van der Waals surface area contributed by atoms with Crippen LogP contribution in [0.5, 0.6) is 0 Å². The normalized spacial score (nSPS) is 24.2. The summed E-state index contributed by atoms with van der Waals surface area (Å²) in [5.74, 6) is 6.73. The highest BCUT2D eigenvalue weighted by Gasteiger charge is 2.26. The van der Waals surface area contributed by atoms with E-state index in [2.05, 4.69) is 29.7 Å². The Morgan fingerprint density at radius 2 is 1.90 bits per heavy atom. The minimum Gasteiger partial charge on any atom is -0.311 e. The second-order valence-corrected chi connectivity index (χ2v) is 6.97. The van der Waals surface area contributed by atoms with Crippen molar-refractivity contribution in [2.45, 2.75) is 61.1 Å². The highest BCUT2D eigenvalue weighted by Crippen LogP contribution is 2.37. The average molecular weight is 289 g/mol. The maximum Gasteiger partial charge on any atom is 0.125 e. The van der Waals surface area contributed by atoms with E-state index in [1.165, 1.54) is 49.0 Å². The number of nitrogens with two attached hydrogens (primary N) is 1. The van der Waals surface area contributed by atoms with E-state index in [1.807, 2.05) is 11.8 Å². The van der Waals surface area contributed by atoms with Crippen molar-refractivity contribution in [3.05, 3.63) is 29.8 Å². The fourth-order valence-electron chi connectivity index (χ4n) is 3.13. The molecule has 0 bridgehead atoms. The molecule has 1 aliphatic heterocycles. The zero-order chi connectivity index (χ0) is 13.8. The number of nitrogens with one attached hydrogen (secondary N) is 1. The summed E-state index contributed by atoms with van der Waals surface area (Å²) in [4.78, 5) is 6.31. The molecule has 108 valence electrons. The van der Waals surface area contributed by atoms with E-state index in [-0.39, 0.29) is 0 Å². The highest BCUT2D eigenvalue weighted by atomic mass is 32.2. The largest absolute Gasteiger partial charge is 0.311 e. The van der Waals surface area contributed by atoms with Gasteiger partial charge < -0.3 is 5.43 Å². The minimum atomic E-state index is 0.362. The van der Waals surface area contributed by atoms with Crippen LogP contribution in [0.25, 0.3) is 0 Å². The molecule has 1 saturated carbocycles. The van der Waals surface area contributed by atoms with Crippen molar-refractivity contribution >= 4 is 17.6 Å². The van der Waals surface area contributed by atoms with Gasteiger partial charge in [-0.05, 0) is 30.9 Å². The zero-order valence-electron chi connectivity index (χ0n) is 11.8. The molecule has 20 heavy (non-hydrogen) atoms. The first-order valence-corrected chi connectivity index (χ1v) is 8.53. The summed E-state index contributed by atoms with van der Waals surface area (Å²) < 4.78 is 0. The molecule has 1 aromatic carbocycles. The van der Waals surface area contributed by atoms with E-state index in [0.717, 1.165) is 12.3 Å². The van der Waals surface area contributed by atoms with Gasteiger partial charge in [-0.2, -0.15) is 0 Å². The van der Waals surface area contributed by atoms with Gasteiger partial charge in [0.05, 0.1) is 11.3 Å². The fourth-order valence-corrected chi connectivity index (χ4v) is 4.40. The summed E-state index contributed by atoms with van der Waals surface area (Å²) in [6, 6.07) is 9.08. The molecule has 4 heteroatoms. The van der Waals surface area contributed by atoms with Gasteiger partial charge in [0, 0.05) is 4.90 Å². The molecule has 2 aliphatic rings. The van der Waals surface area contributed by atoms with Gasteiger partial charge in [-0.3, -0.25) is 4.99 Å². The van der Waals surface area contributed by atoms with Crippen LogP contribution in [-0.4, -0.2) is 17.1 Å². The van der Waals surface area contributed by atoms with Crippen LogP contribution in [0.3, 0.4) is 0 Å². The third-order valence-corrected chi connectivity index (χ3v) is 5.57. The molecular weight excluding hydrogens is 266 g/mol.